The van der Waals surface area contributed by atoms with Crippen LogP contribution in [0.1, 0.15) is 19.4 Å². The lowest BCUT2D eigenvalue weighted by atomic mass is 10.0. The minimum absolute atomic E-state index is 0.346. The molecule has 0 aliphatic carbocycles. The number of hydrogen-bond acceptors (Lipinski definition) is 7. The van der Waals surface area contributed by atoms with Gasteiger partial charge in [0.15, 0.2) is 18.0 Å². The lowest BCUT2D eigenvalue weighted by Gasteiger charge is -2.41. The van der Waals surface area contributed by atoms with Crippen LogP contribution in [-0.2, 0) is 35.2 Å². The number of benzene rings is 1. The van der Waals surface area contributed by atoms with Crippen molar-refractivity contribution in [3.05, 3.63) is 35.9 Å². The van der Waals surface area contributed by atoms with Crippen LogP contribution in [0.5, 0.6) is 0 Å². The number of hydrogen-bond donors (Lipinski definition) is 0. The molecule has 4 atom stereocenters. The van der Waals surface area contributed by atoms with Crippen molar-refractivity contribution >= 4 is 12.2 Å². The third-order valence-corrected chi connectivity index (χ3v) is 3.88. The van der Waals surface area contributed by atoms with Crippen LogP contribution in [0.2, 0.25) is 0 Å². The first-order chi connectivity index (χ1) is 11.5. The highest BCUT2D eigenvalue weighted by Crippen LogP contribution is 2.35. The monoisotopic (exact) mass is 335 g/mol. The van der Waals surface area contributed by atoms with Crippen LogP contribution in [0.4, 0.5) is 0 Å². The Morgan fingerprint density at radius 2 is 1.96 bits per heavy atom. The van der Waals surface area contributed by atoms with Gasteiger partial charge in [-0.25, -0.2) is 4.79 Å². The van der Waals surface area contributed by atoms with E-state index in [4.69, 9.17) is 23.8 Å². The second-order valence-corrected chi connectivity index (χ2v) is 6.14. The molecule has 2 aliphatic rings. The van der Waals surface area contributed by atoms with Gasteiger partial charge in [0, 0.05) is 7.11 Å². The molecule has 130 valence electrons. The van der Waals surface area contributed by atoms with E-state index in [0.717, 1.165) is 5.56 Å². The Morgan fingerprint density at radius 3 is 2.67 bits per heavy atom. The molecule has 1 aromatic rings. The van der Waals surface area contributed by atoms with Crippen LogP contribution in [0, 0.1) is 0 Å². The first-order valence-electron chi connectivity index (χ1n) is 7.78. The van der Waals surface area contributed by atoms with Crippen molar-refractivity contribution in [2.45, 2.75) is 50.7 Å². The Morgan fingerprint density at radius 1 is 1.21 bits per heavy atom. The molecule has 7 heteroatoms. The van der Waals surface area contributed by atoms with Crippen molar-refractivity contribution < 1.29 is 28.6 Å². The molecule has 1 aromatic carbocycles. The molecular formula is C17H21NO6. The van der Waals surface area contributed by atoms with Gasteiger partial charge in [-0.3, -0.25) is 0 Å². The van der Waals surface area contributed by atoms with E-state index in [0.29, 0.717) is 6.61 Å². The van der Waals surface area contributed by atoms with Crippen LogP contribution in [-0.4, -0.2) is 49.5 Å². The zero-order valence-electron chi connectivity index (χ0n) is 13.9. The van der Waals surface area contributed by atoms with Gasteiger partial charge in [0.25, 0.3) is 0 Å². The topological polar surface area (TPSA) is 75.6 Å². The summed E-state index contributed by atoms with van der Waals surface area (Å²) in [5.74, 6) is -1.35. The number of carbonyl (C=O) groups excluding carboxylic acids is 1. The van der Waals surface area contributed by atoms with E-state index in [1.54, 1.807) is 13.8 Å². The van der Waals surface area contributed by atoms with Gasteiger partial charge >= 0.3 is 5.97 Å². The van der Waals surface area contributed by atoms with Gasteiger partial charge in [0.05, 0.1) is 6.21 Å². The molecule has 0 saturated carbocycles. The number of fused-ring (bicyclic) bond motifs is 1. The fourth-order valence-corrected chi connectivity index (χ4v) is 2.84. The Kier molecular flexibility index (Phi) is 4.84. The molecule has 2 heterocycles. The first kappa shape index (κ1) is 16.9. The summed E-state index contributed by atoms with van der Waals surface area (Å²) in [6, 6.07) is 9.69. The lowest BCUT2D eigenvalue weighted by molar-refractivity contribution is -0.313. The van der Waals surface area contributed by atoms with Gasteiger partial charge in [-0.1, -0.05) is 35.5 Å². The molecule has 0 aromatic heterocycles. The predicted molar refractivity (Wildman–Crippen MR) is 84.2 cm³/mol. The van der Waals surface area contributed by atoms with Crippen LogP contribution in [0.15, 0.2) is 35.5 Å². The second-order valence-electron chi connectivity index (χ2n) is 6.14. The highest BCUT2D eigenvalue weighted by Gasteiger charge is 2.55. The first-order valence-corrected chi connectivity index (χ1v) is 7.78. The maximum atomic E-state index is 11.9. The average Bonchev–Trinajstić information content (AvgIpc) is 2.86. The summed E-state index contributed by atoms with van der Waals surface area (Å²) in [5.41, 5.74) is 1.01. The Labute approximate surface area is 140 Å². The van der Waals surface area contributed by atoms with Gasteiger partial charge < -0.3 is 23.8 Å². The summed E-state index contributed by atoms with van der Waals surface area (Å²) in [5, 5.41) is 3.95. The largest absolute Gasteiger partial charge is 0.454 e. The zero-order valence-corrected chi connectivity index (χ0v) is 13.9. The van der Waals surface area contributed by atoms with Crippen molar-refractivity contribution in [2.75, 3.05) is 7.11 Å². The number of oxime groups is 1. The van der Waals surface area contributed by atoms with E-state index in [1.807, 2.05) is 30.3 Å². The van der Waals surface area contributed by atoms with Crippen LogP contribution in [0.25, 0.3) is 0 Å². The zero-order chi connectivity index (χ0) is 17.2. The molecule has 7 nitrogen and oxygen atoms in total. The molecule has 0 bridgehead atoms. The Bertz CT molecular complexity index is 602. The van der Waals surface area contributed by atoms with E-state index >= 15 is 0 Å². The molecule has 2 aliphatic heterocycles. The molecule has 0 spiro atoms. The highest BCUT2D eigenvalue weighted by molar-refractivity contribution is 5.79. The maximum absolute atomic E-state index is 11.9. The van der Waals surface area contributed by atoms with Crippen molar-refractivity contribution in [1.29, 1.82) is 0 Å². The van der Waals surface area contributed by atoms with Crippen LogP contribution in [0.3, 0.4) is 0 Å². The van der Waals surface area contributed by atoms with Crippen molar-refractivity contribution in [3.63, 3.8) is 0 Å². The molecule has 0 N–H and O–H groups in total. The quantitative estimate of drug-likeness (QED) is 0.463. The number of ether oxygens (including phenoxy) is 4. The van der Waals surface area contributed by atoms with Gasteiger partial charge in [-0.2, -0.15) is 0 Å². The standard InChI is InChI=1S/C17H21NO6/c1-17(2)23-12(9-18-21-10-11-7-5-4-6-8-11)13-14(24-17)15(20-3)16(19)22-13/h4-9,12-15H,10H2,1-3H3/b18-9+/t12-,13+,14-,15-/m1/s1. The van der Waals surface area contributed by atoms with E-state index in [1.165, 1.54) is 13.3 Å². The third-order valence-electron chi connectivity index (χ3n) is 3.88. The number of methoxy groups -OCH3 is 1. The Balaban J connectivity index is 1.65. The molecule has 2 fully saturated rings. The van der Waals surface area contributed by atoms with Crippen molar-refractivity contribution in [3.8, 4) is 0 Å². The molecule has 2 saturated heterocycles. The number of rotatable bonds is 5. The van der Waals surface area contributed by atoms with Crippen molar-refractivity contribution in [2.24, 2.45) is 5.16 Å². The molecule has 24 heavy (non-hydrogen) atoms. The minimum atomic E-state index is -0.887. The summed E-state index contributed by atoms with van der Waals surface area (Å²) in [7, 11) is 1.45. The summed E-state index contributed by atoms with van der Waals surface area (Å²) in [4.78, 5) is 17.2. The summed E-state index contributed by atoms with van der Waals surface area (Å²) in [6.45, 7) is 3.88. The minimum Gasteiger partial charge on any atom is -0.454 e. The van der Waals surface area contributed by atoms with E-state index in [9.17, 15) is 4.79 Å². The maximum Gasteiger partial charge on any atom is 0.338 e. The van der Waals surface area contributed by atoms with Gasteiger partial charge in [-0.05, 0) is 19.4 Å². The van der Waals surface area contributed by atoms with Gasteiger partial charge in [0.2, 0.25) is 0 Å². The molecular weight excluding hydrogens is 314 g/mol. The molecule has 0 amide bonds. The fraction of sp³-hybridized carbons (Fsp3) is 0.529. The van der Waals surface area contributed by atoms with Gasteiger partial charge in [-0.15, -0.1) is 0 Å². The number of nitrogens with zero attached hydrogens (tertiary/aromatic N) is 1. The highest BCUT2D eigenvalue weighted by atomic mass is 16.8. The summed E-state index contributed by atoms with van der Waals surface area (Å²) >= 11 is 0. The summed E-state index contributed by atoms with van der Waals surface area (Å²) < 4.78 is 22.1. The van der Waals surface area contributed by atoms with Crippen LogP contribution >= 0.6 is 0 Å². The second kappa shape index (κ2) is 6.88. The molecule has 0 unspecified atom stereocenters. The lowest BCUT2D eigenvalue weighted by Crippen LogP contribution is -2.55. The normalized spacial score (nSPS) is 31.7. The fourth-order valence-electron chi connectivity index (χ4n) is 2.84. The van der Waals surface area contributed by atoms with Crippen LogP contribution < -0.4 is 0 Å². The third kappa shape index (κ3) is 3.58. The predicted octanol–water partition coefficient (Wildman–Crippen LogP) is 1.65. The summed E-state index contributed by atoms with van der Waals surface area (Å²) in [6.07, 6.45) is -0.995. The van der Waals surface area contributed by atoms with E-state index < -0.39 is 36.2 Å². The number of carbonyl (C=O) groups is 1. The smallest absolute Gasteiger partial charge is 0.338 e. The number of esters is 1. The van der Waals surface area contributed by atoms with Gasteiger partial charge in [0.1, 0.15) is 18.8 Å². The van der Waals surface area contributed by atoms with E-state index in [2.05, 4.69) is 5.16 Å². The SMILES string of the molecule is CO[C@H]1C(=O)O[C@@H]2[C@H]1OC(C)(C)O[C@@H]2/C=N/OCc1ccccc1. The molecule has 0 radical (unpaired) electrons. The molecule has 3 rings (SSSR count). The van der Waals surface area contributed by atoms with E-state index in [-0.39, 0.29) is 0 Å². The Hall–Kier alpha value is -1.96. The average molecular weight is 335 g/mol. The van der Waals surface area contributed by atoms with Crippen molar-refractivity contribution in [1.82, 2.24) is 0 Å².